The topological polar surface area (TPSA) is 12.5 Å². The van der Waals surface area contributed by atoms with Gasteiger partial charge in [-0.15, -0.1) is 0 Å². The van der Waals surface area contributed by atoms with Crippen molar-refractivity contribution in [2.24, 2.45) is 0 Å². The predicted molar refractivity (Wildman–Crippen MR) is 73.6 cm³/mol. The molecule has 0 spiro atoms. The van der Waals surface area contributed by atoms with Gasteiger partial charge < -0.3 is 4.74 Å². The van der Waals surface area contributed by atoms with Gasteiger partial charge in [0, 0.05) is 25.7 Å². The first-order chi connectivity index (χ1) is 8.81. The molecule has 2 nitrogen and oxygen atoms in total. The molecule has 1 saturated heterocycles. The number of hydrogen-bond donors (Lipinski definition) is 0. The summed E-state index contributed by atoms with van der Waals surface area (Å²) in [5.74, 6) is 0. The molecule has 0 radical (unpaired) electrons. The SMILES string of the molecule is Cc1ccc(CN(C[C@H]2CCCO2)C2CC2)cc1. The lowest BCUT2D eigenvalue weighted by Gasteiger charge is -2.25. The molecular weight excluding hydrogens is 222 g/mol. The summed E-state index contributed by atoms with van der Waals surface area (Å²) in [5.41, 5.74) is 2.78. The summed E-state index contributed by atoms with van der Waals surface area (Å²) in [5, 5.41) is 0. The summed E-state index contributed by atoms with van der Waals surface area (Å²) in [7, 11) is 0. The van der Waals surface area contributed by atoms with E-state index in [0.29, 0.717) is 6.10 Å². The minimum Gasteiger partial charge on any atom is -0.377 e. The van der Waals surface area contributed by atoms with Crippen LogP contribution in [0.25, 0.3) is 0 Å². The maximum atomic E-state index is 5.78. The van der Waals surface area contributed by atoms with Gasteiger partial charge in [-0.2, -0.15) is 0 Å². The Hall–Kier alpha value is -0.860. The van der Waals surface area contributed by atoms with Crippen molar-refractivity contribution in [3.05, 3.63) is 35.4 Å². The molecule has 1 saturated carbocycles. The molecular formula is C16H23NO. The van der Waals surface area contributed by atoms with Gasteiger partial charge in [0.25, 0.3) is 0 Å². The third-order valence-electron chi connectivity index (χ3n) is 4.03. The molecule has 2 heteroatoms. The zero-order valence-corrected chi connectivity index (χ0v) is 11.3. The van der Waals surface area contributed by atoms with Crippen molar-refractivity contribution < 1.29 is 4.74 Å². The van der Waals surface area contributed by atoms with Crippen LogP contribution >= 0.6 is 0 Å². The molecule has 98 valence electrons. The molecule has 1 atom stereocenters. The summed E-state index contributed by atoms with van der Waals surface area (Å²) in [6.45, 7) is 5.33. The van der Waals surface area contributed by atoms with Crippen molar-refractivity contribution in [1.82, 2.24) is 4.90 Å². The highest BCUT2D eigenvalue weighted by atomic mass is 16.5. The zero-order valence-electron chi connectivity index (χ0n) is 11.3. The molecule has 1 aromatic carbocycles. The summed E-state index contributed by atoms with van der Waals surface area (Å²) in [6.07, 6.45) is 5.72. The Balaban J connectivity index is 1.60. The van der Waals surface area contributed by atoms with Gasteiger partial charge >= 0.3 is 0 Å². The van der Waals surface area contributed by atoms with Crippen LogP contribution in [0.15, 0.2) is 24.3 Å². The van der Waals surface area contributed by atoms with E-state index < -0.39 is 0 Å². The molecule has 18 heavy (non-hydrogen) atoms. The molecule has 0 unspecified atom stereocenters. The van der Waals surface area contributed by atoms with E-state index in [2.05, 4.69) is 36.1 Å². The van der Waals surface area contributed by atoms with Crippen LogP contribution < -0.4 is 0 Å². The molecule has 1 aliphatic heterocycles. The van der Waals surface area contributed by atoms with Crippen molar-refractivity contribution in [3.8, 4) is 0 Å². The van der Waals surface area contributed by atoms with E-state index in [9.17, 15) is 0 Å². The fourth-order valence-corrected chi connectivity index (χ4v) is 2.76. The maximum absolute atomic E-state index is 5.78. The Bertz CT molecular complexity index is 377. The van der Waals surface area contributed by atoms with Gasteiger partial charge in [0.05, 0.1) is 6.10 Å². The fourth-order valence-electron chi connectivity index (χ4n) is 2.76. The smallest absolute Gasteiger partial charge is 0.0703 e. The lowest BCUT2D eigenvalue weighted by Crippen LogP contribution is -2.33. The second kappa shape index (κ2) is 5.41. The molecule has 2 fully saturated rings. The highest BCUT2D eigenvalue weighted by Gasteiger charge is 2.31. The number of aryl methyl sites for hydroxylation is 1. The average Bonchev–Trinajstić information content (AvgIpc) is 3.10. The minimum atomic E-state index is 0.482. The summed E-state index contributed by atoms with van der Waals surface area (Å²) in [4.78, 5) is 2.63. The third-order valence-corrected chi connectivity index (χ3v) is 4.03. The number of hydrogen-bond acceptors (Lipinski definition) is 2. The van der Waals surface area contributed by atoms with Gasteiger partial charge in [0.15, 0.2) is 0 Å². The highest BCUT2D eigenvalue weighted by Crippen LogP contribution is 2.29. The van der Waals surface area contributed by atoms with Gasteiger partial charge in [-0.25, -0.2) is 0 Å². The van der Waals surface area contributed by atoms with E-state index in [0.717, 1.165) is 25.7 Å². The average molecular weight is 245 g/mol. The summed E-state index contributed by atoms with van der Waals surface area (Å²) in [6, 6.07) is 9.77. The van der Waals surface area contributed by atoms with E-state index in [1.807, 2.05) is 0 Å². The van der Waals surface area contributed by atoms with E-state index in [-0.39, 0.29) is 0 Å². The van der Waals surface area contributed by atoms with Crippen molar-refractivity contribution in [2.45, 2.75) is 51.3 Å². The first-order valence-corrected chi connectivity index (χ1v) is 7.22. The second-order valence-electron chi connectivity index (χ2n) is 5.78. The summed E-state index contributed by atoms with van der Waals surface area (Å²) < 4.78 is 5.78. The predicted octanol–water partition coefficient (Wildman–Crippen LogP) is 3.14. The molecule has 3 rings (SSSR count). The quantitative estimate of drug-likeness (QED) is 0.790. The number of nitrogens with zero attached hydrogens (tertiary/aromatic N) is 1. The van der Waals surface area contributed by atoms with Gasteiger partial charge in [0.1, 0.15) is 0 Å². The van der Waals surface area contributed by atoms with Crippen LogP contribution in [0.4, 0.5) is 0 Å². The van der Waals surface area contributed by atoms with Crippen molar-refractivity contribution in [2.75, 3.05) is 13.2 Å². The normalized spacial score (nSPS) is 23.8. The minimum absolute atomic E-state index is 0.482. The Morgan fingerprint density at radius 1 is 1.17 bits per heavy atom. The largest absolute Gasteiger partial charge is 0.377 e. The van der Waals surface area contributed by atoms with E-state index in [4.69, 9.17) is 4.74 Å². The van der Waals surface area contributed by atoms with Crippen LogP contribution in [0.1, 0.15) is 36.8 Å². The van der Waals surface area contributed by atoms with E-state index in [1.165, 1.54) is 36.8 Å². The highest BCUT2D eigenvalue weighted by molar-refractivity contribution is 5.21. The number of ether oxygens (including phenoxy) is 1. The molecule has 0 aromatic heterocycles. The molecule has 1 aliphatic carbocycles. The van der Waals surface area contributed by atoms with Crippen LogP contribution in [0.2, 0.25) is 0 Å². The molecule has 1 heterocycles. The van der Waals surface area contributed by atoms with Gasteiger partial charge in [0.2, 0.25) is 0 Å². The fraction of sp³-hybridized carbons (Fsp3) is 0.625. The van der Waals surface area contributed by atoms with Crippen LogP contribution in [0.3, 0.4) is 0 Å². The van der Waals surface area contributed by atoms with Gasteiger partial charge in [-0.05, 0) is 38.2 Å². The number of benzene rings is 1. The van der Waals surface area contributed by atoms with Crippen LogP contribution in [0.5, 0.6) is 0 Å². The Morgan fingerprint density at radius 3 is 2.56 bits per heavy atom. The lowest BCUT2D eigenvalue weighted by molar-refractivity contribution is 0.0677. The van der Waals surface area contributed by atoms with Gasteiger partial charge in [-0.1, -0.05) is 29.8 Å². The maximum Gasteiger partial charge on any atom is 0.0703 e. The Kier molecular flexibility index (Phi) is 3.67. The first kappa shape index (κ1) is 12.2. The molecule has 0 amide bonds. The first-order valence-electron chi connectivity index (χ1n) is 7.22. The molecule has 0 N–H and O–H groups in total. The van der Waals surface area contributed by atoms with Gasteiger partial charge in [-0.3, -0.25) is 4.90 Å². The van der Waals surface area contributed by atoms with Crippen molar-refractivity contribution in [1.29, 1.82) is 0 Å². The van der Waals surface area contributed by atoms with Crippen molar-refractivity contribution in [3.63, 3.8) is 0 Å². The van der Waals surface area contributed by atoms with Crippen molar-refractivity contribution >= 4 is 0 Å². The van der Waals surface area contributed by atoms with Crippen LogP contribution in [0, 0.1) is 6.92 Å². The van der Waals surface area contributed by atoms with Crippen LogP contribution in [-0.4, -0.2) is 30.2 Å². The van der Waals surface area contributed by atoms with E-state index >= 15 is 0 Å². The third kappa shape index (κ3) is 3.12. The van der Waals surface area contributed by atoms with Crippen LogP contribution in [-0.2, 0) is 11.3 Å². The summed E-state index contributed by atoms with van der Waals surface area (Å²) >= 11 is 0. The number of rotatable bonds is 5. The Labute approximate surface area is 110 Å². The second-order valence-corrected chi connectivity index (χ2v) is 5.78. The molecule has 1 aromatic rings. The van der Waals surface area contributed by atoms with E-state index in [1.54, 1.807) is 0 Å². The Morgan fingerprint density at radius 2 is 1.94 bits per heavy atom. The molecule has 2 aliphatic rings. The lowest BCUT2D eigenvalue weighted by atomic mass is 10.1. The standard InChI is InChI=1S/C16H23NO/c1-13-4-6-14(7-5-13)11-17(15-8-9-15)12-16-3-2-10-18-16/h4-7,15-16H,2-3,8-12H2,1H3/t16-/m1/s1. The zero-order chi connectivity index (χ0) is 12.4. The monoisotopic (exact) mass is 245 g/mol. The molecule has 0 bridgehead atoms.